The van der Waals surface area contributed by atoms with Gasteiger partial charge in [-0.05, 0) is 43.5 Å². The lowest BCUT2D eigenvalue weighted by Crippen LogP contribution is -2.40. The average molecular weight is 448 g/mol. The third kappa shape index (κ3) is 4.74. The van der Waals surface area contributed by atoms with Crippen molar-refractivity contribution in [3.05, 3.63) is 71.7 Å². The molecule has 1 fully saturated rings. The van der Waals surface area contributed by atoms with Crippen LogP contribution in [0.3, 0.4) is 0 Å². The Balaban J connectivity index is 1.45. The lowest BCUT2D eigenvalue weighted by Gasteiger charge is -2.32. The topological polar surface area (TPSA) is 70.6 Å². The average Bonchev–Trinajstić information content (AvgIpc) is 2.86. The van der Waals surface area contributed by atoms with Gasteiger partial charge in [-0.2, -0.15) is 4.98 Å². The van der Waals surface area contributed by atoms with Gasteiger partial charge in [-0.1, -0.05) is 30.3 Å². The summed E-state index contributed by atoms with van der Waals surface area (Å²) in [5.41, 5.74) is 2.29. The van der Waals surface area contributed by atoms with Crippen LogP contribution in [0, 0.1) is 5.82 Å². The monoisotopic (exact) mass is 447 g/mol. The Bertz CT molecular complexity index is 1130. The molecule has 3 heterocycles. The fourth-order valence-electron chi connectivity index (χ4n) is 4.22. The Morgan fingerprint density at radius 1 is 0.939 bits per heavy atom. The number of carbonyl (C=O) groups excluding carboxylic acids is 1. The first-order valence-corrected chi connectivity index (χ1v) is 11.4. The number of nitrogens with zero attached hydrogens (tertiary/aromatic N) is 4. The number of benzene rings is 2. The van der Waals surface area contributed by atoms with E-state index in [0.29, 0.717) is 30.4 Å². The van der Waals surface area contributed by atoms with Gasteiger partial charge in [0.05, 0.1) is 17.8 Å². The summed E-state index contributed by atoms with van der Waals surface area (Å²) in [5, 5.41) is 2.92. The van der Waals surface area contributed by atoms with Crippen LogP contribution in [-0.4, -0.2) is 40.5 Å². The molecule has 1 aromatic heterocycles. The number of halogens is 1. The molecule has 8 heteroatoms. The molecule has 0 atom stereocenters. The Hall–Kier alpha value is -3.68. The number of hydrogen-bond acceptors (Lipinski definition) is 5. The molecule has 0 radical (unpaired) electrons. The van der Waals surface area contributed by atoms with Crippen molar-refractivity contribution >= 4 is 17.7 Å². The lowest BCUT2D eigenvalue weighted by atomic mass is 10.1. The largest absolute Gasteiger partial charge is 0.435 e. The van der Waals surface area contributed by atoms with Crippen LogP contribution in [0.2, 0.25) is 0 Å². The Morgan fingerprint density at radius 3 is 2.48 bits per heavy atom. The fraction of sp³-hybridized carbons (Fsp3) is 0.320. The number of amides is 2. The van der Waals surface area contributed by atoms with Crippen molar-refractivity contribution in [3.63, 3.8) is 0 Å². The van der Waals surface area contributed by atoms with E-state index in [2.05, 4.69) is 10.2 Å². The van der Waals surface area contributed by atoms with Gasteiger partial charge in [-0.25, -0.2) is 14.2 Å². The van der Waals surface area contributed by atoms with E-state index in [4.69, 9.17) is 14.7 Å². The number of fused-ring (bicyclic) bond motifs is 1. The minimum atomic E-state index is -0.459. The standard InChI is InChI=1S/C25H26FN5O2/c26-20-11-5-6-12-22(20)33-23-19-17-31(25(32)27-18-9-3-1-4-10-18)16-13-21(19)28-24(29-23)30-14-7-2-8-15-30/h1,3-6,9-12H,2,7-8,13-17H2,(H,27,32). The SMILES string of the molecule is O=C(Nc1ccccc1)N1CCc2nc(N3CCCCC3)nc(Oc3ccccc3F)c2C1. The summed E-state index contributed by atoms with van der Waals surface area (Å²) in [5.74, 6) is 0.567. The normalized spacial score (nSPS) is 15.7. The third-order valence-corrected chi connectivity index (χ3v) is 6.00. The van der Waals surface area contributed by atoms with Crippen LogP contribution >= 0.6 is 0 Å². The van der Waals surface area contributed by atoms with Crippen molar-refractivity contribution in [2.45, 2.75) is 32.2 Å². The smallest absolute Gasteiger partial charge is 0.322 e. The van der Waals surface area contributed by atoms with Crippen LogP contribution in [-0.2, 0) is 13.0 Å². The number of urea groups is 1. The summed E-state index contributed by atoms with van der Waals surface area (Å²) in [6.07, 6.45) is 3.97. The molecular formula is C25H26FN5O2. The third-order valence-electron chi connectivity index (χ3n) is 6.00. The van der Waals surface area contributed by atoms with E-state index in [-0.39, 0.29) is 18.3 Å². The number of ether oxygens (including phenoxy) is 1. The van der Waals surface area contributed by atoms with E-state index in [1.165, 1.54) is 12.5 Å². The van der Waals surface area contributed by atoms with Crippen molar-refractivity contribution in [1.82, 2.24) is 14.9 Å². The minimum absolute atomic E-state index is 0.105. The van der Waals surface area contributed by atoms with E-state index < -0.39 is 5.82 Å². The zero-order chi connectivity index (χ0) is 22.6. The molecule has 170 valence electrons. The fourth-order valence-corrected chi connectivity index (χ4v) is 4.22. The predicted octanol–water partition coefficient (Wildman–Crippen LogP) is 4.99. The maximum atomic E-state index is 14.4. The highest BCUT2D eigenvalue weighted by Crippen LogP contribution is 2.33. The summed E-state index contributed by atoms with van der Waals surface area (Å²) in [4.78, 5) is 26.3. The van der Waals surface area contributed by atoms with Crippen molar-refractivity contribution in [2.75, 3.05) is 29.9 Å². The number of anilines is 2. The molecule has 0 spiro atoms. The van der Waals surface area contributed by atoms with Crippen LogP contribution < -0.4 is 15.0 Å². The Morgan fingerprint density at radius 2 is 1.70 bits per heavy atom. The van der Waals surface area contributed by atoms with Crippen molar-refractivity contribution in [1.29, 1.82) is 0 Å². The first-order chi connectivity index (χ1) is 16.2. The van der Waals surface area contributed by atoms with Crippen molar-refractivity contribution in [2.24, 2.45) is 0 Å². The number of aromatic nitrogens is 2. The Labute approximate surface area is 192 Å². The van der Waals surface area contributed by atoms with Crippen molar-refractivity contribution in [3.8, 4) is 11.6 Å². The molecule has 2 aliphatic heterocycles. The number of rotatable bonds is 4. The van der Waals surface area contributed by atoms with Gasteiger partial charge in [0.15, 0.2) is 11.6 Å². The highest BCUT2D eigenvalue weighted by Gasteiger charge is 2.28. The highest BCUT2D eigenvalue weighted by molar-refractivity contribution is 5.89. The van der Waals surface area contributed by atoms with Crippen LogP contribution in [0.1, 0.15) is 30.5 Å². The van der Waals surface area contributed by atoms with Gasteiger partial charge < -0.3 is 19.9 Å². The molecule has 2 amide bonds. The molecule has 2 aromatic carbocycles. The second-order valence-electron chi connectivity index (χ2n) is 8.30. The number of para-hydroxylation sites is 2. The van der Waals surface area contributed by atoms with Gasteiger partial charge >= 0.3 is 6.03 Å². The zero-order valence-electron chi connectivity index (χ0n) is 18.3. The van der Waals surface area contributed by atoms with Gasteiger partial charge in [-0.3, -0.25) is 0 Å². The van der Waals surface area contributed by atoms with Crippen LogP contribution in [0.5, 0.6) is 11.6 Å². The second-order valence-corrected chi connectivity index (χ2v) is 8.30. The van der Waals surface area contributed by atoms with Crippen LogP contribution in [0.25, 0.3) is 0 Å². The van der Waals surface area contributed by atoms with Gasteiger partial charge in [0, 0.05) is 31.7 Å². The second kappa shape index (κ2) is 9.44. The number of piperidine rings is 1. The zero-order valence-corrected chi connectivity index (χ0v) is 18.3. The summed E-state index contributed by atoms with van der Waals surface area (Å²) in [7, 11) is 0. The first kappa shape index (κ1) is 21.2. The molecule has 0 saturated carbocycles. The minimum Gasteiger partial charge on any atom is -0.435 e. The van der Waals surface area contributed by atoms with Gasteiger partial charge in [0.25, 0.3) is 0 Å². The number of nitrogens with one attached hydrogen (secondary N) is 1. The van der Waals surface area contributed by atoms with Crippen LogP contribution in [0.15, 0.2) is 54.6 Å². The maximum absolute atomic E-state index is 14.4. The molecule has 5 rings (SSSR count). The molecule has 0 bridgehead atoms. The molecule has 33 heavy (non-hydrogen) atoms. The van der Waals surface area contributed by atoms with Gasteiger partial charge in [0.2, 0.25) is 11.8 Å². The van der Waals surface area contributed by atoms with E-state index in [9.17, 15) is 9.18 Å². The quantitative estimate of drug-likeness (QED) is 0.610. The van der Waals surface area contributed by atoms with E-state index >= 15 is 0 Å². The molecule has 1 saturated heterocycles. The maximum Gasteiger partial charge on any atom is 0.322 e. The molecule has 7 nitrogen and oxygen atoms in total. The van der Waals surface area contributed by atoms with Gasteiger partial charge in [-0.15, -0.1) is 0 Å². The van der Waals surface area contributed by atoms with E-state index in [0.717, 1.165) is 37.3 Å². The van der Waals surface area contributed by atoms with Gasteiger partial charge in [0.1, 0.15) is 0 Å². The van der Waals surface area contributed by atoms with Crippen LogP contribution in [0.4, 0.5) is 20.8 Å². The Kier molecular flexibility index (Phi) is 6.06. The molecule has 0 unspecified atom stereocenters. The predicted molar refractivity (Wildman–Crippen MR) is 124 cm³/mol. The van der Waals surface area contributed by atoms with E-state index in [1.54, 1.807) is 23.1 Å². The molecular weight excluding hydrogens is 421 g/mol. The number of hydrogen-bond donors (Lipinski definition) is 1. The molecule has 3 aromatic rings. The molecule has 1 N–H and O–H groups in total. The molecule has 2 aliphatic rings. The summed E-state index contributed by atoms with van der Waals surface area (Å²) in [6.45, 7) is 2.60. The first-order valence-electron chi connectivity index (χ1n) is 11.4. The summed E-state index contributed by atoms with van der Waals surface area (Å²) < 4.78 is 20.3. The number of carbonyl (C=O) groups is 1. The van der Waals surface area contributed by atoms with E-state index in [1.807, 2.05) is 30.3 Å². The molecule has 0 aliphatic carbocycles. The summed E-state index contributed by atoms with van der Waals surface area (Å²) in [6, 6.07) is 15.4. The summed E-state index contributed by atoms with van der Waals surface area (Å²) >= 11 is 0. The van der Waals surface area contributed by atoms with Crippen molar-refractivity contribution < 1.29 is 13.9 Å². The lowest BCUT2D eigenvalue weighted by molar-refractivity contribution is 0.205. The highest BCUT2D eigenvalue weighted by atomic mass is 19.1.